The Morgan fingerprint density at radius 2 is 0.615 bits per heavy atom. The lowest BCUT2D eigenvalue weighted by atomic mass is 10.0. The van der Waals surface area contributed by atoms with Gasteiger partial charge >= 0.3 is 17.9 Å². The summed E-state index contributed by atoms with van der Waals surface area (Å²) >= 11 is 0. The van der Waals surface area contributed by atoms with Gasteiger partial charge in [-0.15, -0.1) is 0 Å². The highest BCUT2D eigenvalue weighted by molar-refractivity contribution is 5.71. The quantitative estimate of drug-likeness (QED) is 0.0262. The van der Waals surface area contributed by atoms with Crippen molar-refractivity contribution in [2.45, 2.75) is 258 Å². The number of esters is 3. The highest BCUT2D eigenvalue weighted by Crippen LogP contribution is 2.15. The predicted molar refractivity (Wildman–Crippen MR) is 279 cm³/mol. The van der Waals surface area contributed by atoms with Crippen LogP contribution in [0.4, 0.5) is 0 Å². The third kappa shape index (κ3) is 51.4. The third-order valence-electron chi connectivity index (χ3n) is 11.4. The van der Waals surface area contributed by atoms with E-state index in [2.05, 4.69) is 106 Å². The Bertz CT molecular complexity index is 1270. The maximum atomic E-state index is 12.8. The summed E-state index contributed by atoms with van der Waals surface area (Å²) in [5.41, 5.74) is 0. The number of carbonyl (C=O) groups is 3. The van der Waals surface area contributed by atoms with Gasteiger partial charge in [-0.05, 0) is 89.9 Å². The summed E-state index contributed by atoms with van der Waals surface area (Å²) in [6.45, 7) is 6.44. The summed E-state index contributed by atoms with van der Waals surface area (Å²) in [4.78, 5) is 38.0. The van der Waals surface area contributed by atoms with E-state index in [4.69, 9.17) is 14.2 Å². The smallest absolute Gasteiger partial charge is 0.306 e. The Morgan fingerprint density at radius 3 is 1.03 bits per heavy atom. The van der Waals surface area contributed by atoms with Crippen molar-refractivity contribution in [2.75, 3.05) is 13.2 Å². The second kappa shape index (κ2) is 53.2. The first-order chi connectivity index (χ1) is 32.0. The Morgan fingerprint density at radius 1 is 0.323 bits per heavy atom. The molecule has 0 aliphatic rings. The Labute approximate surface area is 401 Å². The standard InChI is InChI=1S/C59H100O6/c1-4-7-10-13-16-19-22-25-28-30-32-34-37-40-43-46-49-52-58(61)64-55-56(54-63-57(60)51-48-45-42-39-36-33-27-24-21-18-15-12-9-6-3)65-59(62)53-50-47-44-41-38-35-31-29-26-23-20-17-14-11-8-5-2/h9,12,16,18-19,21,25,27-28,32-34,40,43,56H,4-8,10-11,13-15,17,20,22-24,26,29-31,35-39,41-42,44-55H2,1-3H3/b12-9-,19-16-,21-18-,28-25-,33-27-,34-32-,43-40-. The minimum atomic E-state index is -0.806. The van der Waals surface area contributed by atoms with Crippen LogP contribution in [0.2, 0.25) is 0 Å². The maximum Gasteiger partial charge on any atom is 0.306 e. The molecule has 6 nitrogen and oxygen atoms in total. The molecule has 0 spiro atoms. The fraction of sp³-hybridized carbons (Fsp3) is 0.712. The van der Waals surface area contributed by atoms with Crippen LogP contribution in [-0.2, 0) is 28.6 Å². The second-order valence-electron chi connectivity index (χ2n) is 17.8. The summed E-state index contributed by atoms with van der Waals surface area (Å²) in [5, 5.41) is 0. The van der Waals surface area contributed by atoms with E-state index in [9.17, 15) is 14.4 Å². The highest BCUT2D eigenvalue weighted by atomic mass is 16.6. The van der Waals surface area contributed by atoms with Crippen molar-refractivity contribution in [2.24, 2.45) is 0 Å². The van der Waals surface area contributed by atoms with Crippen molar-refractivity contribution in [1.82, 2.24) is 0 Å². The topological polar surface area (TPSA) is 78.9 Å². The molecule has 0 aromatic carbocycles. The summed E-state index contributed by atoms with van der Waals surface area (Å²) < 4.78 is 16.8. The lowest BCUT2D eigenvalue weighted by Gasteiger charge is -2.18. The van der Waals surface area contributed by atoms with E-state index >= 15 is 0 Å². The number of hydrogen-bond donors (Lipinski definition) is 0. The van der Waals surface area contributed by atoms with Crippen LogP contribution >= 0.6 is 0 Å². The molecule has 0 saturated heterocycles. The number of hydrogen-bond acceptors (Lipinski definition) is 6. The molecule has 0 amide bonds. The predicted octanol–water partition coefficient (Wildman–Crippen LogP) is 18.0. The van der Waals surface area contributed by atoms with E-state index in [1.165, 1.54) is 109 Å². The van der Waals surface area contributed by atoms with Gasteiger partial charge in [0.05, 0.1) is 0 Å². The molecule has 0 aliphatic carbocycles. The molecule has 1 atom stereocenters. The molecule has 0 saturated carbocycles. The van der Waals surface area contributed by atoms with Crippen molar-refractivity contribution in [3.05, 3.63) is 85.1 Å². The Hall–Kier alpha value is -3.41. The summed E-state index contributed by atoms with van der Waals surface area (Å²) in [6.07, 6.45) is 68.6. The zero-order valence-electron chi connectivity index (χ0n) is 42.5. The van der Waals surface area contributed by atoms with Gasteiger partial charge in [0.25, 0.3) is 0 Å². The molecular formula is C59H100O6. The van der Waals surface area contributed by atoms with Crippen LogP contribution in [0.5, 0.6) is 0 Å². The molecule has 372 valence electrons. The van der Waals surface area contributed by atoms with Gasteiger partial charge in [0.2, 0.25) is 0 Å². The van der Waals surface area contributed by atoms with Gasteiger partial charge in [0, 0.05) is 19.3 Å². The first-order valence-corrected chi connectivity index (χ1v) is 27.1. The average molecular weight is 905 g/mol. The monoisotopic (exact) mass is 905 g/mol. The van der Waals surface area contributed by atoms with Crippen LogP contribution in [0.25, 0.3) is 0 Å². The molecule has 0 aliphatic heterocycles. The van der Waals surface area contributed by atoms with Crippen LogP contribution in [-0.4, -0.2) is 37.2 Å². The Kier molecular flexibility index (Phi) is 50.4. The van der Waals surface area contributed by atoms with Crippen LogP contribution in [0.1, 0.15) is 252 Å². The van der Waals surface area contributed by atoms with E-state index in [0.717, 1.165) is 96.3 Å². The van der Waals surface area contributed by atoms with Crippen molar-refractivity contribution < 1.29 is 28.6 Å². The number of carbonyl (C=O) groups excluding carboxylic acids is 3. The second-order valence-corrected chi connectivity index (χ2v) is 17.8. The normalized spacial score (nSPS) is 12.7. The van der Waals surface area contributed by atoms with Crippen molar-refractivity contribution in [3.63, 3.8) is 0 Å². The molecule has 0 aromatic heterocycles. The van der Waals surface area contributed by atoms with Gasteiger partial charge in [-0.3, -0.25) is 14.4 Å². The van der Waals surface area contributed by atoms with E-state index < -0.39 is 6.10 Å². The van der Waals surface area contributed by atoms with Gasteiger partial charge in [-0.25, -0.2) is 0 Å². The molecule has 0 N–H and O–H groups in total. The molecule has 0 bridgehead atoms. The first kappa shape index (κ1) is 61.6. The van der Waals surface area contributed by atoms with Crippen molar-refractivity contribution >= 4 is 17.9 Å². The minimum absolute atomic E-state index is 0.104. The molecule has 0 heterocycles. The molecular weight excluding hydrogens is 805 g/mol. The van der Waals surface area contributed by atoms with Gasteiger partial charge < -0.3 is 14.2 Å². The molecule has 1 unspecified atom stereocenters. The van der Waals surface area contributed by atoms with Crippen molar-refractivity contribution in [3.8, 4) is 0 Å². The summed E-state index contributed by atoms with van der Waals surface area (Å²) in [6, 6.07) is 0. The molecule has 0 fully saturated rings. The van der Waals surface area contributed by atoms with Gasteiger partial charge in [0.1, 0.15) is 13.2 Å². The summed E-state index contributed by atoms with van der Waals surface area (Å²) in [5.74, 6) is -0.978. The molecule has 0 radical (unpaired) electrons. The van der Waals surface area contributed by atoms with Crippen LogP contribution < -0.4 is 0 Å². The fourth-order valence-corrected chi connectivity index (χ4v) is 7.33. The SMILES string of the molecule is CC/C=C\C/C=C\C/C=C\CCCCCCC(=O)OCC(COC(=O)CCC/C=C\C/C=C\C/C=C\C/C=C\CCCCC)OC(=O)CCCCCCCCCCCCCCCCCC. The molecule has 0 aromatic rings. The number of ether oxygens (including phenoxy) is 3. The third-order valence-corrected chi connectivity index (χ3v) is 11.4. The lowest BCUT2D eigenvalue weighted by molar-refractivity contribution is -0.167. The van der Waals surface area contributed by atoms with Crippen LogP contribution in [0.3, 0.4) is 0 Å². The van der Waals surface area contributed by atoms with Crippen LogP contribution in [0.15, 0.2) is 85.1 Å². The number of rotatable bonds is 48. The fourth-order valence-electron chi connectivity index (χ4n) is 7.33. The Balaban J connectivity index is 4.49. The summed E-state index contributed by atoms with van der Waals surface area (Å²) in [7, 11) is 0. The zero-order chi connectivity index (χ0) is 47.2. The highest BCUT2D eigenvalue weighted by Gasteiger charge is 2.19. The van der Waals surface area contributed by atoms with Crippen molar-refractivity contribution in [1.29, 1.82) is 0 Å². The average Bonchev–Trinajstić information content (AvgIpc) is 3.30. The molecule has 0 rings (SSSR count). The lowest BCUT2D eigenvalue weighted by Crippen LogP contribution is -2.30. The molecule has 65 heavy (non-hydrogen) atoms. The number of unbranched alkanes of at least 4 members (excludes halogenated alkanes) is 23. The number of allylic oxidation sites excluding steroid dienone is 14. The largest absolute Gasteiger partial charge is 0.462 e. The van der Waals surface area contributed by atoms with E-state index in [-0.39, 0.29) is 37.5 Å². The molecule has 6 heteroatoms. The van der Waals surface area contributed by atoms with E-state index in [1.807, 2.05) is 0 Å². The zero-order valence-corrected chi connectivity index (χ0v) is 42.5. The van der Waals surface area contributed by atoms with Gasteiger partial charge in [-0.1, -0.05) is 228 Å². The van der Waals surface area contributed by atoms with E-state index in [1.54, 1.807) is 0 Å². The minimum Gasteiger partial charge on any atom is -0.462 e. The van der Waals surface area contributed by atoms with Crippen LogP contribution in [0, 0.1) is 0 Å². The first-order valence-electron chi connectivity index (χ1n) is 27.1. The maximum absolute atomic E-state index is 12.8. The van der Waals surface area contributed by atoms with Gasteiger partial charge in [0.15, 0.2) is 6.10 Å². The van der Waals surface area contributed by atoms with E-state index in [0.29, 0.717) is 19.3 Å². The van der Waals surface area contributed by atoms with Gasteiger partial charge in [-0.2, -0.15) is 0 Å².